The molecule has 1 saturated heterocycles. The number of hydrogen-bond donors (Lipinski definition) is 2. The highest BCUT2D eigenvalue weighted by Crippen LogP contribution is 2.04. The molecular formula is C15H26N4. The molecular weight excluding hydrogens is 236 g/mol. The molecule has 0 spiro atoms. The average Bonchev–Trinajstić information content (AvgIpc) is 2.49. The molecule has 4 heteroatoms. The Bertz CT molecular complexity index is 335. The van der Waals surface area contributed by atoms with E-state index in [1.54, 1.807) is 0 Å². The van der Waals surface area contributed by atoms with Crippen molar-refractivity contribution in [2.75, 3.05) is 39.3 Å². The van der Waals surface area contributed by atoms with Crippen LogP contribution < -0.4 is 10.6 Å². The Morgan fingerprint density at radius 1 is 1.32 bits per heavy atom. The first-order valence-corrected chi connectivity index (χ1v) is 7.41. The summed E-state index contributed by atoms with van der Waals surface area (Å²) in [7, 11) is 0. The molecule has 0 aliphatic carbocycles. The van der Waals surface area contributed by atoms with E-state index in [1.807, 2.05) is 12.3 Å². The smallest absolute Gasteiger partial charge is 0.0416 e. The van der Waals surface area contributed by atoms with Gasteiger partial charge in [0.05, 0.1) is 0 Å². The lowest BCUT2D eigenvalue weighted by Crippen LogP contribution is -2.48. The molecule has 4 nitrogen and oxygen atoms in total. The van der Waals surface area contributed by atoms with Gasteiger partial charge >= 0.3 is 0 Å². The van der Waals surface area contributed by atoms with Gasteiger partial charge in [-0.2, -0.15) is 0 Å². The van der Waals surface area contributed by atoms with E-state index in [9.17, 15) is 0 Å². The third-order valence-electron chi connectivity index (χ3n) is 3.80. The first kappa shape index (κ1) is 14.4. The monoisotopic (exact) mass is 262 g/mol. The average molecular weight is 262 g/mol. The van der Waals surface area contributed by atoms with Crippen LogP contribution in [0.2, 0.25) is 0 Å². The highest BCUT2D eigenvalue weighted by Gasteiger charge is 2.15. The molecule has 19 heavy (non-hydrogen) atoms. The van der Waals surface area contributed by atoms with Gasteiger partial charge in [-0.3, -0.25) is 9.88 Å². The maximum atomic E-state index is 4.33. The summed E-state index contributed by atoms with van der Waals surface area (Å²) in [6.45, 7) is 9.11. The summed E-state index contributed by atoms with van der Waals surface area (Å²) < 4.78 is 0. The third kappa shape index (κ3) is 5.27. The maximum Gasteiger partial charge on any atom is 0.0416 e. The molecule has 0 saturated carbocycles. The summed E-state index contributed by atoms with van der Waals surface area (Å²) in [6.07, 6.45) is 4.10. The van der Waals surface area contributed by atoms with Crippen LogP contribution in [0.4, 0.5) is 0 Å². The first-order chi connectivity index (χ1) is 9.36. The molecule has 1 aliphatic heterocycles. The third-order valence-corrected chi connectivity index (χ3v) is 3.80. The zero-order valence-corrected chi connectivity index (χ0v) is 11.9. The number of hydrogen-bond acceptors (Lipinski definition) is 4. The molecule has 0 bridgehead atoms. The fraction of sp³-hybridized carbons (Fsp3) is 0.667. The van der Waals surface area contributed by atoms with Crippen molar-refractivity contribution in [2.45, 2.75) is 25.8 Å². The first-order valence-electron chi connectivity index (χ1n) is 7.41. The topological polar surface area (TPSA) is 40.2 Å². The molecule has 0 radical (unpaired) electrons. The van der Waals surface area contributed by atoms with Crippen molar-refractivity contribution in [1.82, 2.24) is 20.5 Å². The number of pyridine rings is 1. The Kier molecular flexibility index (Phi) is 6.27. The van der Waals surface area contributed by atoms with Crippen LogP contribution >= 0.6 is 0 Å². The van der Waals surface area contributed by atoms with E-state index in [2.05, 4.69) is 39.6 Å². The lowest BCUT2D eigenvalue weighted by molar-refractivity contribution is 0.176. The molecule has 2 heterocycles. The van der Waals surface area contributed by atoms with E-state index in [0.29, 0.717) is 6.04 Å². The zero-order chi connectivity index (χ0) is 13.3. The van der Waals surface area contributed by atoms with Gasteiger partial charge in [0, 0.05) is 57.1 Å². The van der Waals surface area contributed by atoms with Crippen molar-refractivity contribution in [3.63, 3.8) is 0 Å². The van der Waals surface area contributed by atoms with E-state index in [4.69, 9.17) is 0 Å². The minimum atomic E-state index is 0.685. The Hall–Kier alpha value is -0.970. The lowest BCUT2D eigenvalue weighted by Gasteiger charge is -2.32. The van der Waals surface area contributed by atoms with E-state index >= 15 is 0 Å². The van der Waals surface area contributed by atoms with Crippen molar-refractivity contribution in [3.05, 3.63) is 30.1 Å². The Balaban J connectivity index is 1.54. The van der Waals surface area contributed by atoms with Crippen LogP contribution in [0, 0.1) is 0 Å². The van der Waals surface area contributed by atoms with Crippen LogP contribution in [0.1, 0.15) is 19.0 Å². The van der Waals surface area contributed by atoms with Crippen LogP contribution in [0.3, 0.4) is 0 Å². The molecule has 106 valence electrons. The number of nitrogens with one attached hydrogen (secondary N) is 2. The summed E-state index contributed by atoms with van der Waals surface area (Å²) in [4.78, 5) is 6.91. The molecule has 2 rings (SSSR count). The van der Waals surface area contributed by atoms with Gasteiger partial charge in [-0.05, 0) is 32.0 Å². The molecule has 0 aromatic carbocycles. The maximum absolute atomic E-state index is 4.33. The van der Waals surface area contributed by atoms with Crippen molar-refractivity contribution >= 4 is 0 Å². The van der Waals surface area contributed by atoms with Gasteiger partial charge in [-0.15, -0.1) is 0 Å². The second-order valence-corrected chi connectivity index (χ2v) is 5.24. The van der Waals surface area contributed by atoms with E-state index in [-0.39, 0.29) is 0 Å². The van der Waals surface area contributed by atoms with Crippen molar-refractivity contribution in [2.24, 2.45) is 0 Å². The molecule has 2 N–H and O–H groups in total. The predicted molar refractivity (Wildman–Crippen MR) is 79.3 cm³/mol. The summed E-state index contributed by atoms with van der Waals surface area (Å²) in [5.74, 6) is 0. The standard InChI is InChI=1S/C15H26N4/c1-14(19-12-10-17-11-13-19)5-8-16-9-6-15-4-2-3-7-18-15/h2-4,7,14,16-17H,5-6,8-13H2,1H3. The van der Waals surface area contributed by atoms with Crippen LogP contribution in [0.5, 0.6) is 0 Å². The van der Waals surface area contributed by atoms with Gasteiger partial charge in [0.2, 0.25) is 0 Å². The molecule has 1 aliphatic rings. The van der Waals surface area contributed by atoms with Crippen LogP contribution in [-0.2, 0) is 6.42 Å². The van der Waals surface area contributed by atoms with Crippen molar-refractivity contribution in [3.8, 4) is 0 Å². The molecule has 1 aromatic rings. The Labute approximate surface area is 116 Å². The van der Waals surface area contributed by atoms with Gasteiger partial charge in [0.15, 0.2) is 0 Å². The second-order valence-electron chi connectivity index (χ2n) is 5.24. The van der Waals surface area contributed by atoms with E-state index < -0.39 is 0 Å². The lowest BCUT2D eigenvalue weighted by atomic mass is 10.2. The van der Waals surface area contributed by atoms with Crippen LogP contribution in [0.15, 0.2) is 24.4 Å². The second kappa shape index (κ2) is 8.25. The number of aromatic nitrogens is 1. The fourth-order valence-corrected chi connectivity index (χ4v) is 2.50. The summed E-state index contributed by atoms with van der Waals surface area (Å²) in [5.41, 5.74) is 1.17. The predicted octanol–water partition coefficient (Wildman–Crippen LogP) is 0.898. The molecule has 1 aromatic heterocycles. The van der Waals surface area contributed by atoms with E-state index in [1.165, 1.54) is 25.2 Å². The van der Waals surface area contributed by atoms with Gasteiger partial charge in [0.25, 0.3) is 0 Å². The number of rotatable bonds is 7. The molecule has 1 fully saturated rings. The number of nitrogens with zero attached hydrogens (tertiary/aromatic N) is 2. The zero-order valence-electron chi connectivity index (χ0n) is 11.9. The normalized spacial score (nSPS) is 18.4. The quantitative estimate of drug-likeness (QED) is 0.716. The fourth-order valence-electron chi connectivity index (χ4n) is 2.50. The molecule has 0 amide bonds. The Morgan fingerprint density at radius 2 is 2.16 bits per heavy atom. The van der Waals surface area contributed by atoms with Gasteiger partial charge in [0.1, 0.15) is 0 Å². The van der Waals surface area contributed by atoms with E-state index in [0.717, 1.165) is 32.6 Å². The summed E-state index contributed by atoms with van der Waals surface area (Å²) >= 11 is 0. The summed E-state index contributed by atoms with van der Waals surface area (Å²) in [5, 5.41) is 6.92. The highest BCUT2D eigenvalue weighted by molar-refractivity contribution is 5.03. The van der Waals surface area contributed by atoms with Crippen LogP contribution in [-0.4, -0.2) is 55.2 Å². The number of piperazine rings is 1. The van der Waals surface area contributed by atoms with Gasteiger partial charge < -0.3 is 10.6 Å². The van der Waals surface area contributed by atoms with Gasteiger partial charge in [-0.25, -0.2) is 0 Å². The largest absolute Gasteiger partial charge is 0.316 e. The summed E-state index contributed by atoms with van der Waals surface area (Å²) in [6, 6.07) is 6.79. The SMILES string of the molecule is CC(CCNCCc1ccccn1)N1CCNCC1. The minimum Gasteiger partial charge on any atom is -0.316 e. The van der Waals surface area contributed by atoms with Crippen LogP contribution in [0.25, 0.3) is 0 Å². The highest BCUT2D eigenvalue weighted by atomic mass is 15.2. The minimum absolute atomic E-state index is 0.685. The molecule has 1 unspecified atom stereocenters. The van der Waals surface area contributed by atoms with Crippen molar-refractivity contribution in [1.29, 1.82) is 0 Å². The molecule has 1 atom stereocenters. The Morgan fingerprint density at radius 3 is 2.89 bits per heavy atom. The van der Waals surface area contributed by atoms with Gasteiger partial charge in [-0.1, -0.05) is 6.07 Å². The van der Waals surface area contributed by atoms with Crippen molar-refractivity contribution < 1.29 is 0 Å².